The number of hydrogen-bond donors (Lipinski definition) is 1. The maximum atomic E-state index is 11.3. The Morgan fingerprint density at radius 3 is 2.36 bits per heavy atom. The second-order valence-corrected chi connectivity index (χ2v) is 3.55. The molecule has 0 atom stereocenters. The molecule has 0 saturated heterocycles. The van der Waals surface area contributed by atoms with Gasteiger partial charge in [0.15, 0.2) is 0 Å². The van der Waals surface area contributed by atoms with Crippen molar-refractivity contribution in [1.82, 2.24) is 5.32 Å². The van der Waals surface area contributed by atoms with Gasteiger partial charge in [0.05, 0.1) is 0 Å². The van der Waals surface area contributed by atoms with E-state index in [0.29, 0.717) is 17.6 Å². The first-order chi connectivity index (χ1) is 6.66. The summed E-state index contributed by atoms with van der Waals surface area (Å²) < 4.78 is 0. The summed E-state index contributed by atoms with van der Waals surface area (Å²) in [5.41, 5.74) is 1.25. The number of amides is 2. The molecule has 1 aliphatic heterocycles. The predicted molar refractivity (Wildman–Crippen MR) is 54.3 cm³/mol. The molecule has 0 saturated carbocycles. The van der Waals surface area contributed by atoms with Gasteiger partial charge in [-0.1, -0.05) is 26.2 Å². The van der Waals surface area contributed by atoms with Crippen molar-refractivity contribution in [1.29, 1.82) is 0 Å². The first kappa shape index (κ1) is 11.0. The van der Waals surface area contributed by atoms with Crippen LogP contribution in [0.15, 0.2) is 11.1 Å². The van der Waals surface area contributed by atoms with Crippen molar-refractivity contribution < 1.29 is 9.59 Å². The van der Waals surface area contributed by atoms with E-state index in [0.717, 1.165) is 25.7 Å². The van der Waals surface area contributed by atoms with E-state index in [9.17, 15) is 9.59 Å². The lowest BCUT2D eigenvalue weighted by molar-refractivity contribution is -0.124. The zero-order chi connectivity index (χ0) is 10.6. The smallest absolute Gasteiger partial charge is 0.254 e. The van der Waals surface area contributed by atoms with Gasteiger partial charge in [-0.3, -0.25) is 14.9 Å². The lowest BCUT2D eigenvalue weighted by Crippen LogP contribution is -2.22. The monoisotopic (exact) mass is 194 g/mol. The van der Waals surface area contributed by atoms with Gasteiger partial charge in [0.1, 0.15) is 0 Å². The lowest BCUT2D eigenvalue weighted by atomic mass is 10.0. The van der Waals surface area contributed by atoms with E-state index >= 15 is 0 Å². The molecule has 0 aliphatic carbocycles. The summed E-state index contributed by atoms with van der Waals surface area (Å²) in [5.74, 6) is -0.440. The van der Waals surface area contributed by atoms with Crippen LogP contribution in [0, 0.1) is 6.92 Å². The van der Waals surface area contributed by atoms with Gasteiger partial charge in [-0.25, -0.2) is 0 Å². The highest BCUT2D eigenvalue weighted by Gasteiger charge is 2.25. The third-order valence-electron chi connectivity index (χ3n) is 2.47. The minimum atomic E-state index is -0.234. The number of nitrogens with one attached hydrogen (secondary N) is 1. The SMILES string of the molecule is [CH2]CCCCCC1=C(C)C(=O)NC1=O. The van der Waals surface area contributed by atoms with E-state index in [-0.39, 0.29) is 11.8 Å². The highest BCUT2D eigenvalue weighted by atomic mass is 16.2. The van der Waals surface area contributed by atoms with Crippen LogP contribution in [-0.4, -0.2) is 11.8 Å². The Bertz CT molecular complexity index is 279. The summed E-state index contributed by atoms with van der Waals surface area (Å²) in [6.07, 6.45) is 4.76. The normalized spacial score (nSPS) is 16.4. The molecule has 3 nitrogen and oxygen atoms in total. The maximum absolute atomic E-state index is 11.3. The predicted octanol–water partition coefficient (Wildman–Crippen LogP) is 1.74. The highest BCUT2D eigenvalue weighted by molar-refractivity contribution is 6.19. The van der Waals surface area contributed by atoms with Gasteiger partial charge in [0, 0.05) is 11.1 Å². The van der Waals surface area contributed by atoms with E-state index in [2.05, 4.69) is 12.2 Å². The fourth-order valence-electron chi connectivity index (χ4n) is 1.54. The summed E-state index contributed by atoms with van der Waals surface area (Å²) in [5, 5.41) is 2.29. The van der Waals surface area contributed by atoms with Crippen LogP contribution in [0.2, 0.25) is 0 Å². The fourth-order valence-corrected chi connectivity index (χ4v) is 1.54. The van der Waals surface area contributed by atoms with Crippen molar-refractivity contribution in [3.63, 3.8) is 0 Å². The summed E-state index contributed by atoms with van der Waals surface area (Å²) >= 11 is 0. The molecule has 0 spiro atoms. The first-order valence-corrected chi connectivity index (χ1v) is 5.01. The molecular weight excluding hydrogens is 178 g/mol. The van der Waals surface area contributed by atoms with E-state index < -0.39 is 0 Å². The second-order valence-electron chi connectivity index (χ2n) is 3.55. The molecule has 0 fully saturated rings. The topological polar surface area (TPSA) is 46.2 Å². The zero-order valence-electron chi connectivity index (χ0n) is 8.56. The Morgan fingerprint density at radius 2 is 1.86 bits per heavy atom. The van der Waals surface area contributed by atoms with E-state index in [1.54, 1.807) is 6.92 Å². The molecule has 3 heteroatoms. The zero-order valence-corrected chi connectivity index (χ0v) is 8.56. The Labute approximate surface area is 84.6 Å². The molecule has 2 amide bonds. The van der Waals surface area contributed by atoms with Crippen LogP contribution in [0.4, 0.5) is 0 Å². The molecule has 0 unspecified atom stereocenters. The number of carbonyl (C=O) groups is 2. The average Bonchev–Trinajstić information content (AvgIpc) is 2.38. The third kappa shape index (κ3) is 2.44. The molecule has 0 aromatic carbocycles. The van der Waals surface area contributed by atoms with Gasteiger partial charge in [-0.05, 0) is 19.8 Å². The van der Waals surface area contributed by atoms with Gasteiger partial charge in [-0.15, -0.1) is 0 Å². The number of carbonyl (C=O) groups excluding carboxylic acids is 2. The summed E-state index contributed by atoms with van der Waals surface area (Å²) in [4.78, 5) is 22.3. The van der Waals surface area contributed by atoms with Crippen molar-refractivity contribution in [2.75, 3.05) is 0 Å². The molecule has 14 heavy (non-hydrogen) atoms. The van der Waals surface area contributed by atoms with Gasteiger partial charge < -0.3 is 0 Å². The summed E-state index contributed by atoms with van der Waals surface area (Å²) in [6.45, 7) is 5.46. The van der Waals surface area contributed by atoms with Crippen LogP contribution in [0.25, 0.3) is 0 Å². The Balaban J connectivity index is 2.43. The van der Waals surface area contributed by atoms with Gasteiger partial charge >= 0.3 is 0 Å². The second kappa shape index (κ2) is 4.94. The van der Waals surface area contributed by atoms with E-state index in [4.69, 9.17) is 0 Å². The lowest BCUT2D eigenvalue weighted by Gasteiger charge is -2.00. The van der Waals surface area contributed by atoms with Gasteiger partial charge in [0.2, 0.25) is 0 Å². The van der Waals surface area contributed by atoms with Crippen LogP contribution >= 0.6 is 0 Å². The maximum Gasteiger partial charge on any atom is 0.254 e. The van der Waals surface area contributed by atoms with Crippen LogP contribution in [0.5, 0.6) is 0 Å². The molecule has 1 heterocycles. The van der Waals surface area contributed by atoms with E-state index in [1.165, 1.54) is 0 Å². The van der Waals surface area contributed by atoms with Crippen molar-refractivity contribution >= 4 is 11.8 Å². The standard InChI is InChI=1S/C11H16NO2/c1-3-4-5-6-7-9-8(2)10(13)12-11(9)14/h1,3-7H2,2H3,(H,12,13,14). The molecule has 1 aliphatic rings. The van der Waals surface area contributed by atoms with Crippen LogP contribution in [-0.2, 0) is 9.59 Å². The quantitative estimate of drug-likeness (QED) is 0.535. The minimum absolute atomic E-state index is 0.206. The number of rotatable bonds is 5. The Morgan fingerprint density at radius 1 is 1.14 bits per heavy atom. The number of imide groups is 1. The van der Waals surface area contributed by atoms with Crippen molar-refractivity contribution in [2.45, 2.75) is 39.0 Å². The number of unbranched alkanes of at least 4 members (excludes halogenated alkanes) is 3. The molecular formula is C11H16NO2. The summed E-state index contributed by atoms with van der Waals surface area (Å²) in [6, 6.07) is 0. The molecule has 1 N–H and O–H groups in total. The molecule has 0 aromatic heterocycles. The first-order valence-electron chi connectivity index (χ1n) is 5.01. The number of hydrogen-bond acceptors (Lipinski definition) is 2. The molecule has 0 bridgehead atoms. The molecule has 1 rings (SSSR count). The minimum Gasteiger partial charge on any atom is -0.289 e. The van der Waals surface area contributed by atoms with Gasteiger partial charge in [-0.2, -0.15) is 0 Å². The van der Waals surface area contributed by atoms with Crippen LogP contribution < -0.4 is 5.32 Å². The fraction of sp³-hybridized carbons (Fsp3) is 0.545. The molecule has 1 radical (unpaired) electrons. The Hall–Kier alpha value is -1.12. The van der Waals surface area contributed by atoms with Crippen LogP contribution in [0.3, 0.4) is 0 Å². The van der Waals surface area contributed by atoms with Crippen molar-refractivity contribution in [3.8, 4) is 0 Å². The molecule has 77 valence electrons. The average molecular weight is 194 g/mol. The molecule has 0 aromatic rings. The highest BCUT2D eigenvalue weighted by Crippen LogP contribution is 2.18. The van der Waals surface area contributed by atoms with Crippen LogP contribution in [0.1, 0.15) is 39.0 Å². The largest absolute Gasteiger partial charge is 0.289 e. The summed E-state index contributed by atoms with van der Waals surface area (Å²) in [7, 11) is 0. The van der Waals surface area contributed by atoms with Crippen molar-refractivity contribution in [3.05, 3.63) is 18.1 Å². The van der Waals surface area contributed by atoms with Gasteiger partial charge in [0.25, 0.3) is 11.8 Å². The van der Waals surface area contributed by atoms with Crippen molar-refractivity contribution in [2.24, 2.45) is 0 Å². The van der Waals surface area contributed by atoms with E-state index in [1.807, 2.05) is 0 Å². The third-order valence-corrected chi connectivity index (χ3v) is 2.47. The Kier molecular flexibility index (Phi) is 3.86.